The fourth-order valence-electron chi connectivity index (χ4n) is 2.32. The molecule has 0 saturated heterocycles. The summed E-state index contributed by atoms with van der Waals surface area (Å²) in [5, 5.41) is 0. The van der Waals surface area contributed by atoms with Crippen LogP contribution in [0.25, 0.3) is 0 Å². The lowest BCUT2D eigenvalue weighted by atomic mass is 9.61. The van der Waals surface area contributed by atoms with Crippen LogP contribution in [0, 0.1) is 17.3 Å². The predicted octanol–water partition coefficient (Wildman–Crippen LogP) is 2.79. The van der Waals surface area contributed by atoms with Gasteiger partial charge in [0.1, 0.15) is 0 Å². The number of hydrogen-bond acceptors (Lipinski definition) is 2. The molecule has 1 aliphatic carbocycles. The number of rotatable bonds is 1. The van der Waals surface area contributed by atoms with Crippen molar-refractivity contribution >= 4 is 5.97 Å². The molecule has 1 rings (SSSR count). The summed E-state index contributed by atoms with van der Waals surface area (Å²) in [6, 6.07) is 0. The van der Waals surface area contributed by atoms with Gasteiger partial charge in [0.05, 0.1) is 13.0 Å². The molecule has 0 bridgehead atoms. The summed E-state index contributed by atoms with van der Waals surface area (Å²) >= 11 is 0. The first-order valence-corrected chi connectivity index (χ1v) is 5.16. The SMILES string of the molecule is C=C1CC[C@H](C)C(C)(C)[C@@H]1C(=O)OC. The quantitative estimate of drug-likeness (QED) is 0.476. The maximum atomic E-state index is 11.7. The molecule has 0 aliphatic heterocycles. The van der Waals surface area contributed by atoms with Crippen molar-refractivity contribution in [3.8, 4) is 0 Å². The van der Waals surface area contributed by atoms with E-state index in [9.17, 15) is 4.79 Å². The Morgan fingerprint density at radius 1 is 1.57 bits per heavy atom. The van der Waals surface area contributed by atoms with Crippen molar-refractivity contribution < 1.29 is 9.53 Å². The summed E-state index contributed by atoms with van der Waals surface area (Å²) in [5.41, 5.74) is 1.00. The Kier molecular flexibility index (Phi) is 3.03. The Balaban J connectivity index is 2.97. The lowest BCUT2D eigenvalue weighted by molar-refractivity contribution is -0.150. The largest absolute Gasteiger partial charge is 0.469 e. The van der Waals surface area contributed by atoms with Crippen molar-refractivity contribution in [2.24, 2.45) is 17.3 Å². The van der Waals surface area contributed by atoms with Gasteiger partial charge >= 0.3 is 5.97 Å². The molecule has 0 unspecified atom stereocenters. The second kappa shape index (κ2) is 3.76. The predicted molar refractivity (Wildman–Crippen MR) is 56.8 cm³/mol. The van der Waals surface area contributed by atoms with E-state index in [1.807, 2.05) is 0 Å². The van der Waals surface area contributed by atoms with Gasteiger partial charge in [0.25, 0.3) is 0 Å². The highest BCUT2D eigenvalue weighted by atomic mass is 16.5. The van der Waals surface area contributed by atoms with E-state index in [2.05, 4.69) is 27.4 Å². The molecule has 0 spiro atoms. The molecule has 1 aliphatic rings. The van der Waals surface area contributed by atoms with Crippen molar-refractivity contribution in [2.45, 2.75) is 33.6 Å². The Bertz CT molecular complexity index is 245. The molecule has 2 atom stereocenters. The maximum absolute atomic E-state index is 11.7. The minimum Gasteiger partial charge on any atom is -0.469 e. The van der Waals surface area contributed by atoms with Gasteiger partial charge in [0.15, 0.2) is 0 Å². The normalized spacial score (nSPS) is 31.3. The zero-order chi connectivity index (χ0) is 10.9. The lowest BCUT2D eigenvalue weighted by Gasteiger charge is -2.43. The first-order valence-electron chi connectivity index (χ1n) is 5.16. The molecule has 0 aromatic rings. The molecule has 0 amide bonds. The third-order valence-corrected chi connectivity index (χ3v) is 3.76. The van der Waals surface area contributed by atoms with Gasteiger partial charge in [-0.15, -0.1) is 0 Å². The molecule has 0 radical (unpaired) electrons. The van der Waals surface area contributed by atoms with Gasteiger partial charge in [-0.2, -0.15) is 0 Å². The highest BCUT2D eigenvalue weighted by Gasteiger charge is 2.44. The van der Waals surface area contributed by atoms with E-state index in [4.69, 9.17) is 4.74 Å². The average molecular weight is 196 g/mol. The van der Waals surface area contributed by atoms with Crippen molar-refractivity contribution in [1.29, 1.82) is 0 Å². The molecule has 80 valence electrons. The molecular weight excluding hydrogens is 176 g/mol. The first kappa shape index (κ1) is 11.3. The van der Waals surface area contributed by atoms with Crippen molar-refractivity contribution in [2.75, 3.05) is 7.11 Å². The van der Waals surface area contributed by atoms with Crippen LogP contribution in [0.3, 0.4) is 0 Å². The van der Waals surface area contributed by atoms with E-state index in [-0.39, 0.29) is 17.3 Å². The van der Waals surface area contributed by atoms with Gasteiger partial charge in [-0.1, -0.05) is 32.9 Å². The van der Waals surface area contributed by atoms with Crippen molar-refractivity contribution in [3.05, 3.63) is 12.2 Å². The minimum atomic E-state index is -0.133. The van der Waals surface area contributed by atoms with Crippen LogP contribution in [0.1, 0.15) is 33.6 Å². The van der Waals surface area contributed by atoms with Gasteiger partial charge in [0, 0.05) is 0 Å². The van der Waals surface area contributed by atoms with E-state index in [0.29, 0.717) is 5.92 Å². The average Bonchev–Trinajstić information content (AvgIpc) is 2.11. The molecule has 2 heteroatoms. The van der Waals surface area contributed by atoms with Crippen LogP contribution in [0.15, 0.2) is 12.2 Å². The highest BCUT2D eigenvalue weighted by Crippen LogP contribution is 2.47. The van der Waals surface area contributed by atoms with Crippen LogP contribution in [-0.2, 0) is 9.53 Å². The van der Waals surface area contributed by atoms with Crippen LogP contribution in [0.4, 0.5) is 0 Å². The number of carbonyl (C=O) groups excluding carboxylic acids is 1. The minimum absolute atomic E-state index is 0.0254. The second-order valence-electron chi connectivity index (χ2n) is 4.88. The number of methoxy groups -OCH3 is 1. The molecule has 0 aromatic carbocycles. The fourth-order valence-corrected chi connectivity index (χ4v) is 2.32. The molecule has 14 heavy (non-hydrogen) atoms. The molecule has 0 N–H and O–H groups in total. The molecule has 1 saturated carbocycles. The van der Waals surface area contributed by atoms with Crippen LogP contribution < -0.4 is 0 Å². The van der Waals surface area contributed by atoms with Gasteiger partial charge in [0.2, 0.25) is 0 Å². The summed E-state index contributed by atoms with van der Waals surface area (Å²) in [6.45, 7) is 10.4. The van der Waals surface area contributed by atoms with Crippen LogP contribution >= 0.6 is 0 Å². The Hall–Kier alpha value is -0.790. The van der Waals surface area contributed by atoms with E-state index < -0.39 is 0 Å². The van der Waals surface area contributed by atoms with Crippen LogP contribution in [0.2, 0.25) is 0 Å². The summed E-state index contributed by atoms with van der Waals surface area (Å²) in [5.74, 6) is 0.278. The Morgan fingerprint density at radius 3 is 2.64 bits per heavy atom. The van der Waals surface area contributed by atoms with Gasteiger partial charge in [-0.25, -0.2) is 0 Å². The van der Waals surface area contributed by atoms with Gasteiger partial charge < -0.3 is 4.74 Å². The third-order valence-electron chi connectivity index (χ3n) is 3.76. The standard InChI is InChI=1S/C12H20O2/c1-8-6-7-9(2)12(3,4)10(8)11(13)14-5/h9-10H,1,6-7H2,2-5H3/t9-,10-/m0/s1. The second-order valence-corrected chi connectivity index (χ2v) is 4.88. The Morgan fingerprint density at radius 2 is 2.14 bits per heavy atom. The van der Waals surface area contributed by atoms with Gasteiger partial charge in [-0.05, 0) is 24.2 Å². The number of hydrogen-bond donors (Lipinski definition) is 0. The number of carbonyl (C=O) groups is 1. The summed E-state index contributed by atoms with van der Waals surface area (Å²) in [4.78, 5) is 11.7. The monoisotopic (exact) mass is 196 g/mol. The van der Waals surface area contributed by atoms with Gasteiger partial charge in [-0.3, -0.25) is 4.79 Å². The van der Waals surface area contributed by atoms with Crippen molar-refractivity contribution in [1.82, 2.24) is 0 Å². The molecule has 2 nitrogen and oxygen atoms in total. The zero-order valence-electron chi connectivity index (χ0n) is 9.59. The molecule has 1 fully saturated rings. The summed E-state index contributed by atoms with van der Waals surface area (Å²) < 4.78 is 4.84. The summed E-state index contributed by atoms with van der Waals surface area (Å²) in [7, 11) is 1.45. The fraction of sp³-hybridized carbons (Fsp3) is 0.750. The maximum Gasteiger partial charge on any atom is 0.313 e. The van der Waals surface area contributed by atoms with E-state index in [0.717, 1.165) is 18.4 Å². The summed E-state index contributed by atoms with van der Waals surface area (Å²) in [6.07, 6.45) is 2.07. The third kappa shape index (κ3) is 1.70. The lowest BCUT2D eigenvalue weighted by Crippen LogP contribution is -2.41. The smallest absolute Gasteiger partial charge is 0.313 e. The molecule has 0 heterocycles. The Labute approximate surface area is 86.3 Å². The number of esters is 1. The van der Waals surface area contributed by atoms with E-state index in [1.54, 1.807) is 0 Å². The highest BCUT2D eigenvalue weighted by molar-refractivity contribution is 5.76. The van der Waals surface area contributed by atoms with E-state index in [1.165, 1.54) is 7.11 Å². The molecular formula is C12H20O2. The van der Waals surface area contributed by atoms with Crippen molar-refractivity contribution in [3.63, 3.8) is 0 Å². The van der Waals surface area contributed by atoms with Crippen LogP contribution in [0.5, 0.6) is 0 Å². The van der Waals surface area contributed by atoms with E-state index >= 15 is 0 Å². The topological polar surface area (TPSA) is 26.3 Å². The zero-order valence-corrected chi connectivity index (χ0v) is 9.59. The van der Waals surface area contributed by atoms with Crippen LogP contribution in [-0.4, -0.2) is 13.1 Å². The number of ether oxygens (including phenoxy) is 1. The molecule has 0 aromatic heterocycles. The first-order chi connectivity index (χ1) is 6.41.